The van der Waals surface area contributed by atoms with Crippen molar-refractivity contribution in [3.05, 3.63) is 22.0 Å². The van der Waals surface area contributed by atoms with E-state index in [1.54, 1.807) is 41.5 Å². The van der Waals surface area contributed by atoms with Gasteiger partial charge in [-0.15, -0.1) is 5.10 Å². The number of rotatable bonds is 3. The van der Waals surface area contributed by atoms with E-state index in [1.165, 1.54) is 11.9 Å². The van der Waals surface area contributed by atoms with Crippen LogP contribution in [-0.4, -0.2) is 40.1 Å². The van der Waals surface area contributed by atoms with Gasteiger partial charge in [0.1, 0.15) is 17.4 Å². The van der Waals surface area contributed by atoms with Crippen LogP contribution in [-0.2, 0) is 15.1 Å². The minimum Gasteiger partial charge on any atom is -0.444 e. The molecule has 0 bridgehead atoms. The first-order valence-electron chi connectivity index (χ1n) is 6.87. The van der Waals surface area contributed by atoms with Gasteiger partial charge in [-0.05, 0) is 47.1 Å². The topological polar surface area (TPSA) is 72.4 Å². The molecule has 122 valence electrons. The van der Waals surface area contributed by atoms with Crippen LogP contribution in [0.15, 0.2) is 0 Å². The van der Waals surface area contributed by atoms with Crippen LogP contribution in [0.2, 0.25) is 5.15 Å². The van der Waals surface area contributed by atoms with Crippen LogP contribution < -0.4 is 0 Å². The zero-order chi connectivity index (χ0) is 17.3. The molecule has 0 saturated heterocycles. The molecule has 1 rings (SSSR count). The Morgan fingerprint density at radius 1 is 1.23 bits per heavy atom. The number of halogens is 1. The summed E-state index contributed by atoms with van der Waals surface area (Å²) in [6, 6.07) is 0. The van der Waals surface area contributed by atoms with Crippen molar-refractivity contribution < 1.29 is 14.3 Å². The molecule has 0 N–H and O–H groups in total. The van der Waals surface area contributed by atoms with Crippen LogP contribution in [0.3, 0.4) is 0 Å². The van der Waals surface area contributed by atoms with Gasteiger partial charge in [-0.25, -0.2) is 4.79 Å². The molecule has 1 atom stereocenters. The number of aromatic nitrogens is 2. The number of carbonyl (C=O) groups is 2. The molecule has 0 aliphatic heterocycles. The Labute approximate surface area is 135 Å². The largest absolute Gasteiger partial charge is 0.444 e. The Kier molecular flexibility index (Phi) is 5.18. The number of carbonyl (C=O) groups excluding carboxylic acids is 2. The van der Waals surface area contributed by atoms with E-state index >= 15 is 0 Å². The van der Waals surface area contributed by atoms with Gasteiger partial charge < -0.3 is 9.53 Å². The van der Waals surface area contributed by atoms with Crippen molar-refractivity contribution in [3.63, 3.8) is 0 Å². The van der Waals surface area contributed by atoms with Gasteiger partial charge in [-0.2, -0.15) is 5.10 Å². The highest BCUT2D eigenvalue weighted by Crippen LogP contribution is 2.34. The summed E-state index contributed by atoms with van der Waals surface area (Å²) in [5.41, 5.74) is -0.162. The highest BCUT2D eigenvalue weighted by Gasteiger charge is 2.40. The van der Waals surface area contributed by atoms with E-state index in [-0.39, 0.29) is 5.15 Å². The molecule has 0 aliphatic rings. The third-order valence-corrected chi connectivity index (χ3v) is 3.78. The second kappa shape index (κ2) is 6.20. The van der Waals surface area contributed by atoms with E-state index in [0.717, 1.165) is 0 Å². The standard InChI is InChI=1S/C15H22ClN3O3/c1-9-10(2)17-18-12(16)11(9)15(6,8-20)19(7)13(21)22-14(3,4)5/h8H,1-7H3. The van der Waals surface area contributed by atoms with Gasteiger partial charge in [0.15, 0.2) is 5.15 Å². The van der Waals surface area contributed by atoms with E-state index in [1.807, 2.05) is 0 Å². The molecule has 1 heterocycles. The summed E-state index contributed by atoms with van der Waals surface area (Å²) in [5, 5.41) is 7.86. The summed E-state index contributed by atoms with van der Waals surface area (Å²) in [6.45, 7) is 10.4. The van der Waals surface area contributed by atoms with Gasteiger partial charge >= 0.3 is 6.09 Å². The van der Waals surface area contributed by atoms with Crippen molar-refractivity contribution in [2.75, 3.05) is 7.05 Å². The second-order valence-electron chi connectivity index (χ2n) is 6.38. The normalized spacial score (nSPS) is 14.2. The van der Waals surface area contributed by atoms with Gasteiger partial charge in [-0.3, -0.25) is 4.90 Å². The van der Waals surface area contributed by atoms with Crippen molar-refractivity contribution >= 4 is 24.0 Å². The molecule has 0 aromatic carbocycles. The molecule has 1 aromatic heterocycles. The first-order valence-corrected chi connectivity index (χ1v) is 7.25. The molecule has 6 nitrogen and oxygen atoms in total. The van der Waals surface area contributed by atoms with Gasteiger partial charge in [0.25, 0.3) is 0 Å². The van der Waals surface area contributed by atoms with Crippen LogP contribution in [0, 0.1) is 13.8 Å². The first-order chi connectivity index (χ1) is 9.94. The average molecular weight is 328 g/mol. The molecule has 1 amide bonds. The maximum absolute atomic E-state index is 12.3. The van der Waals surface area contributed by atoms with Crippen molar-refractivity contribution in [3.8, 4) is 0 Å². The average Bonchev–Trinajstić information content (AvgIpc) is 2.40. The lowest BCUT2D eigenvalue weighted by Crippen LogP contribution is -2.49. The number of hydrogen-bond donors (Lipinski definition) is 0. The van der Waals surface area contributed by atoms with E-state index in [9.17, 15) is 9.59 Å². The minimum atomic E-state index is -1.30. The monoisotopic (exact) mass is 327 g/mol. The van der Waals surface area contributed by atoms with E-state index in [2.05, 4.69) is 10.2 Å². The van der Waals surface area contributed by atoms with Crippen molar-refractivity contribution in [2.24, 2.45) is 0 Å². The predicted molar refractivity (Wildman–Crippen MR) is 83.9 cm³/mol. The van der Waals surface area contributed by atoms with Crippen LogP contribution in [0.5, 0.6) is 0 Å². The Morgan fingerprint density at radius 2 is 1.77 bits per heavy atom. The number of hydrogen-bond acceptors (Lipinski definition) is 5. The quantitative estimate of drug-likeness (QED) is 0.798. The van der Waals surface area contributed by atoms with Crippen molar-refractivity contribution in [2.45, 2.75) is 52.7 Å². The lowest BCUT2D eigenvalue weighted by Gasteiger charge is -2.36. The van der Waals surface area contributed by atoms with Crippen LogP contribution in [0.25, 0.3) is 0 Å². The predicted octanol–water partition coefficient (Wildman–Crippen LogP) is 3.03. The van der Waals surface area contributed by atoms with Gasteiger partial charge in [0.05, 0.1) is 5.69 Å². The third kappa shape index (κ3) is 3.55. The molecule has 1 unspecified atom stereocenters. The highest BCUT2D eigenvalue weighted by atomic mass is 35.5. The Bertz CT molecular complexity index is 598. The van der Waals surface area contributed by atoms with E-state index in [0.29, 0.717) is 23.1 Å². The van der Waals surface area contributed by atoms with E-state index < -0.39 is 17.2 Å². The molecular formula is C15H22ClN3O3. The molecule has 0 spiro atoms. The maximum atomic E-state index is 12.3. The number of aldehydes is 1. The Morgan fingerprint density at radius 3 is 2.23 bits per heavy atom. The SMILES string of the molecule is Cc1nnc(Cl)c(C(C)(C=O)N(C)C(=O)OC(C)(C)C)c1C. The molecular weight excluding hydrogens is 306 g/mol. The lowest BCUT2D eigenvalue weighted by molar-refractivity contribution is -0.117. The summed E-state index contributed by atoms with van der Waals surface area (Å²) in [6.07, 6.45) is 0.0405. The Balaban J connectivity index is 3.36. The fraction of sp³-hybridized carbons (Fsp3) is 0.600. The molecule has 0 aliphatic carbocycles. The summed E-state index contributed by atoms with van der Waals surface area (Å²) < 4.78 is 5.33. The maximum Gasteiger partial charge on any atom is 0.411 e. The molecule has 0 fully saturated rings. The Hall–Kier alpha value is -1.69. The second-order valence-corrected chi connectivity index (χ2v) is 6.74. The van der Waals surface area contributed by atoms with Gasteiger partial charge in [-0.1, -0.05) is 11.6 Å². The smallest absolute Gasteiger partial charge is 0.411 e. The third-order valence-electron chi connectivity index (χ3n) is 3.51. The molecule has 0 radical (unpaired) electrons. The number of nitrogens with zero attached hydrogens (tertiary/aromatic N) is 3. The van der Waals surface area contributed by atoms with Crippen molar-refractivity contribution in [1.29, 1.82) is 0 Å². The number of amides is 1. The number of ether oxygens (including phenoxy) is 1. The van der Waals surface area contributed by atoms with E-state index in [4.69, 9.17) is 16.3 Å². The van der Waals surface area contributed by atoms with Gasteiger partial charge in [0.2, 0.25) is 0 Å². The van der Waals surface area contributed by atoms with Crippen LogP contribution in [0.1, 0.15) is 44.5 Å². The fourth-order valence-corrected chi connectivity index (χ4v) is 2.36. The molecule has 1 aromatic rings. The summed E-state index contributed by atoms with van der Waals surface area (Å²) in [5.74, 6) is 0. The lowest BCUT2D eigenvalue weighted by atomic mass is 9.89. The fourth-order valence-electron chi connectivity index (χ4n) is 1.99. The van der Waals surface area contributed by atoms with Gasteiger partial charge in [0, 0.05) is 12.6 Å². The minimum absolute atomic E-state index is 0.0908. The van der Waals surface area contributed by atoms with Crippen molar-refractivity contribution in [1.82, 2.24) is 15.1 Å². The molecule has 0 saturated carbocycles. The van der Waals surface area contributed by atoms with Crippen LogP contribution in [0.4, 0.5) is 4.79 Å². The summed E-state index contributed by atoms with van der Waals surface area (Å²) in [4.78, 5) is 25.3. The molecule has 7 heteroatoms. The highest BCUT2D eigenvalue weighted by molar-refractivity contribution is 6.30. The summed E-state index contributed by atoms with van der Waals surface area (Å²) >= 11 is 6.14. The summed E-state index contributed by atoms with van der Waals surface area (Å²) in [7, 11) is 1.49. The zero-order valence-electron chi connectivity index (χ0n) is 14.0. The number of likely N-dealkylation sites (N-methyl/N-ethyl adjacent to an activating group) is 1. The molecule has 22 heavy (non-hydrogen) atoms. The first kappa shape index (κ1) is 18.4. The van der Waals surface area contributed by atoms with Crippen LogP contribution >= 0.6 is 11.6 Å². The zero-order valence-corrected chi connectivity index (χ0v) is 14.8. The number of aryl methyl sites for hydroxylation is 1.